The van der Waals surface area contributed by atoms with Crippen LogP contribution in [0.15, 0.2) is 59.8 Å². The molecule has 0 bridgehead atoms. The molecule has 6 rings (SSSR count). The fraction of sp³-hybridized carbons (Fsp3) is 0.182. The first-order valence-electron chi connectivity index (χ1n) is 14.9. The highest BCUT2D eigenvalue weighted by atomic mass is 19.4. The summed E-state index contributed by atoms with van der Waals surface area (Å²) >= 11 is 0. The molecule has 3 heterocycles. The minimum atomic E-state index is -6.01. The molecule has 3 aromatic carbocycles. The lowest BCUT2D eigenvalue weighted by atomic mass is 9.83. The highest BCUT2D eigenvalue weighted by molar-refractivity contribution is 6.59. The summed E-state index contributed by atoms with van der Waals surface area (Å²) in [6, 6.07) is -0.446. The largest absolute Gasteiger partial charge is 0.737 e. The van der Waals surface area contributed by atoms with E-state index < -0.39 is 148 Å². The van der Waals surface area contributed by atoms with Gasteiger partial charge in [-0.15, -0.1) is 0 Å². The lowest BCUT2D eigenvalue weighted by Crippen LogP contribution is -2.52. The molecule has 0 N–H and O–H groups in total. The van der Waals surface area contributed by atoms with Crippen molar-refractivity contribution in [1.29, 1.82) is 0 Å². The summed E-state index contributed by atoms with van der Waals surface area (Å²) in [5.74, 6) is -13.4. The van der Waals surface area contributed by atoms with Gasteiger partial charge >= 0.3 is 31.7 Å². The molecule has 0 spiro atoms. The maximum atomic E-state index is 17.3. The predicted molar refractivity (Wildman–Crippen MR) is 155 cm³/mol. The van der Waals surface area contributed by atoms with Crippen molar-refractivity contribution < 1.29 is 87.8 Å². The first kappa shape index (κ1) is 39.5. The molecule has 0 fully saturated rings. The Bertz CT molecular complexity index is 2330. The Kier molecular flexibility index (Phi) is 8.74. The number of fused-ring (bicyclic) bond motifs is 2. The summed E-state index contributed by atoms with van der Waals surface area (Å²) in [5, 5.41) is 0. The van der Waals surface area contributed by atoms with E-state index in [0.29, 0.717) is 12.1 Å². The molecule has 2 aliphatic heterocycles. The molecular weight excluding hydrogens is 796 g/mol. The van der Waals surface area contributed by atoms with Gasteiger partial charge in [0.2, 0.25) is 5.82 Å². The monoisotopic (exact) mass is 810 g/mol. The van der Waals surface area contributed by atoms with Crippen LogP contribution in [-0.4, -0.2) is 21.6 Å². The van der Waals surface area contributed by atoms with Crippen LogP contribution in [0.5, 0.6) is 0 Å². The molecule has 2 nitrogen and oxygen atoms in total. The number of hydrogen-bond acceptors (Lipinski definition) is 0. The second-order valence-corrected chi connectivity index (χ2v) is 12.4. The fourth-order valence-corrected chi connectivity index (χ4v) is 6.53. The molecule has 4 aromatic rings. The Balaban J connectivity index is 1.84. The van der Waals surface area contributed by atoms with Crippen LogP contribution in [0.25, 0.3) is 16.8 Å². The summed E-state index contributed by atoms with van der Waals surface area (Å²) in [7, 11) is 0. The van der Waals surface area contributed by atoms with Gasteiger partial charge in [0.1, 0.15) is 0 Å². The number of rotatable bonds is 3. The summed E-state index contributed by atoms with van der Waals surface area (Å²) in [4.78, 5) is 0. The molecule has 0 saturated carbocycles. The minimum Gasteiger partial charge on any atom is -0.389 e. The summed E-state index contributed by atoms with van der Waals surface area (Å²) in [6.45, 7) is -4.36. The lowest BCUT2D eigenvalue weighted by Gasteiger charge is -2.35. The zero-order chi connectivity index (χ0) is 41.3. The van der Waals surface area contributed by atoms with E-state index in [1.54, 1.807) is 0 Å². The van der Waals surface area contributed by atoms with Gasteiger partial charge in [-0.2, -0.15) is 52.7 Å². The topological polar surface area (TPSA) is 7.94 Å². The van der Waals surface area contributed by atoms with E-state index in [2.05, 4.69) is 0 Å². The molecule has 55 heavy (non-hydrogen) atoms. The second-order valence-electron chi connectivity index (χ2n) is 12.4. The van der Waals surface area contributed by atoms with Gasteiger partial charge in [0, 0.05) is 28.6 Å². The first-order valence-corrected chi connectivity index (χ1v) is 14.9. The van der Waals surface area contributed by atoms with Crippen molar-refractivity contribution in [3.05, 3.63) is 134 Å². The Morgan fingerprint density at radius 3 is 1.31 bits per heavy atom. The van der Waals surface area contributed by atoms with Gasteiger partial charge in [-0.05, 0) is 67.4 Å². The minimum absolute atomic E-state index is 0.0404. The zero-order valence-electron chi connectivity index (χ0n) is 26.8. The van der Waals surface area contributed by atoms with Crippen molar-refractivity contribution >= 4 is 18.3 Å². The lowest BCUT2D eigenvalue weighted by molar-refractivity contribution is -0.362. The zero-order valence-corrected chi connectivity index (χ0v) is 26.8. The van der Waals surface area contributed by atoms with Gasteiger partial charge < -0.3 is 17.6 Å². The van der Waals surface area contributed by atoms with E-state index >= 15 is 17.4 Å². The number of nitrogens with zero attached hydrogens (tertiary/aromatic N) is 2. The van der Waals surface area contributed by atoms with Crippen LogP contribution < -0.4 is 0 Å². The summed E-state index contributed by atoms with van der Waals surface area (Å²) < 4.78 is 274. The molecule has 22 heteroatoms. The van der Waals surface area contributed by atoms with Crippen LogP contribution >= 0.6 is 0 Å². The quantitative estimate of drug-likeness (QED) is 0.0843. The van der Waals surface area contributed by atoms with E-state index in [4.69, 9.17) is 0 Å². The highest BCUT2D eigenvalue weighted by Crippen LogP contribution is 2.50. The normalized spacial score (nSPS) is 16.2. The third kappa shape index (κ3) is 6.25. The van der Waals surface area contributed by atoms with Crippen molar-refractivity contribution in [2.45, 2.75) is 38.6 Å². The highest BCUT2D eigenvalue weighted by Gasteiger charge is 2.58. The average molecular weight is 810 g/mol. The van der Waals surface area contributed by atoms with E-state index in [1.165, 1.54) is 0 Å². The molecule has 0 atom stereocenters. The Morgan fingerprint density at radius 2 is 0.909 bits per heavy atom. The Labute approximate surface area is 294 Å². The Morgan fingerprint density at radius 1 is 0.527 bits per heavy atom. The van der Waals surface area contributed by atoms with Crippen LogP contribution in [0.2, 0.25) is 0 Å². The maximum Gasteiger partial charge on any atom is 0.737 e. The van der Waals surface area contributed by atoms with E-state index in [0.717, 1.165) is 13.8 Å². The first-order chi connectivity index (χ1) is 25.0. The average Bonchev–Trinajstić information content (AvgIpc) is 3.60. The van der Waals surface area contributed by atoms with Crippen molar-refractivity contribution in [3.8, 4) is 11.3 Å². The molecular formula is C33H14BF19N2. The molecule has 1 aromatic heterocycles. The molecule has 0 saturated heterocycles. The van der Waals surface area contributed by atoms with Crippen molar-refractivity contribution in [2.24, 2.45) is 0 Å². The van der Waals surface area contributed by atoms with Crippen LogP contribution in [0.4, 0.5) is 83.3 Å². The molecule has 0 aliphatic carbocycles. The van der Waals surface area contributed by atoms with Crippen LogP contribution in [0.3, 0.4) is 0 Å². The third-order valence-corrected chi connectivity index (χ3v) is 8.78. The molecule has 0 unspecified atom stereocenters. The summed E-state index contributed by atoms with van der Waals surface area (Å²) in [5.41, 5.74) is -20.6. The number of aromatic nitrogens is 1. The van der Waals surface area contributed by atoms with Crippen LogP contribution in [-0.2, 0) is 24.7 Å². The summed E-state index contributed by atoms with van der Waals surface area (Å²) in [6.07, 6.45) is -21.8. The molecule has 0 radical (unpaired) electrons. The van der Waals surface area contributed by atoms with Crippen LogP contribution in [0, 0.1) is 36.0 Å². The molecule has 2 aliphatic rings. The van der Waals surface area contributed by atoms with Gasteiger partial charge in [0.15, 0.2) is 34.7 Å². The second kappa shape index (κ2) is 12.2. The van der Waals surface area contributed by atoms with Gasteiger partial charge in [-0.3, -0.25) is 0 Å². The standard InChI is InChI=1S/C33H14BF19N2/c1-11-3-19(13-5-15(30(40,41)42)9-16(6-13)31(43,44)45)54-28(11)22(21-23(35)25(37)27(39)26(38)24(21)36)29-12(2)4-20(55(29)34(54,52)53)14-7-17(32(46,47)48)10-18(8-14)33(49,50)51/h3-10H,1-2H3. The SMILES string of the molecule is CC1=CC(c2cc(C(F)(F)F)cc(C(F)(F)F)c2)=[N+]2C1=C(c1c(F)c(F)c(F)c(F)c1F)c1c(C)cc(-c3cc(C(F)(F)F)cc(C(F)(F)F)c3)n1[B-]2(F)F. The van der Waals surface area contributed by atoms with E-state index in [1.807, 2.05) is 0 Å². The number of halogens is 19. The van der Waals surface area contributed by atoms with Crippen molar-refractivity contribution in [3.63, 3.8) is 0 Å². The van der Waals surface area contributed by atoms with Crippen LogP contribution in [0.1, 0.15) is 51.6 Å². The van der Waals surface area contributed by atoms with Crippen molar-refractivity contribution in [2.75, 3.05) is 0 Å². The van der Waals surface area contributed by atoms with Gasteiger partial charge in [-0.1, -0.05) is 0 Å². The van der Waals surface area contributed by atoms with Gasteiger partial charge in [0.05, 0.1) is 33.4 Å². The third-order valence-electron chi connectivity index (χ3n) is 8.78. The van der Waals surface area contributed by atoms with Gasteiger partial charge in [-0.25, -0.2) is 22.0 Å². The number of hydrogen-bond donors (Lipinski definition) is 0. The fourth-order valence-electron chi connectivity index (χ4n) is 6.53. The number of benzene rings is 3. The van der Waals surface area contributed by atoms with E-state index in [9.17, 15) is 65.9 Å². The van der Waals surface area contributed by atoms with Gasteiger partial charge in [0.25, 0.3) is 0 Å². The smallest absolute Gasteiger partial charge is 0.389 e. The molecule has 0 amide bonds. The number of aryl methyl sites for hydroxylation is 1. The van der Waals surface area contributed by atoms with Crippen molar-refractivity contribution in [1.82, 2.24) is 4.48 Å². The number of allylic oxidation sites excluding steroid dienone is 2. The Hall–Kier alpha value is -5.18. The van der Waals surface area contributed by atoms with E-state index in [-0.39, 0.29) is 36.4 Å². The number of alkyl halides is 12. The maximum absolute atomic E-state index is 17.3. The molecule has 292 valence electrons. The predicted octanol–water partition coefficient (Wildman–Crippen LogP) is 11.7.